The minimum atomic E-state index is 0.730. The van der Waals surface area contributed by atoms with Gasteiger partial charge in [-0.15, -0.1) is 6.58 Å². The van der Waals surface area contributed by atoms with Crippen molar-refractivity contribution in [1.82, 2.24) is 9.97 Å². The smallest absolute Gasteiger partial charge is 0.223 e. The molecule has 1 aromatic rings. The van der Waals surface area contributed by atoms with Gasteiger partial charge in [0, 0.05) is 17.9 Å². The highest BCUT2D eigenvalue weighted by Crippen LogP contribution is 2.06. The molecule has 82 valence electrons. The summed E-state index contributed by atoms with van der Waals surface area (Å²) in [5.74, 6) is 0.730. The third kappa shape index (κ3) is 4.11. The first-order valence-electron chi connectivity index (χ1n) is 5.34. The predicted octanol–water partition coefficient (Wildman–Crippen LogP) is 2.73. The molecule has 0 saturated carbocycles. The lowest BCUT2D eigenvalue weighted by Gasteiger charge is -2.06. The van der Waals surface area contributed by atoms with Gasteiger partial charge in [0.05, 0.1) is 0 Å². The summed E-state index contributed by atoms with van der Waals surface area (Å²) in [4.78, 5) is 8.72. The number of hydrogen-bond acceptors (Lipinski definition) is 3. The Morgan fingerprint density at radius 3 is 2.80 bits per heavy atom. The van der Waals surface area contributed by atoms with Crippen molar-refractivity contribution in [3.63, 3.8) is 0 Å². The summed E-state index contributed by atoms with van der Waals surface area (Å²) in [6, 6.07) is 2.02. The summed E-state index contributed by atoms with van der Waals surface area (Å²) < 4.78 is 0. The quantitative estimate of drug-likeness (QED) is 0.751. The molecule has 3 nitrogen and oxygen atoms in total. The number of aryl methyl sites for hydroxylation is 2. The van der Waals surface area contributed by atoms with Gasteiger partial charge in [0.2, 0.25) is 5.95 Å². The first-order chi connectivity index (χ1) is 7.11. The second kappa shape index (κ2) is 5.49. The van der Waals surface area contributed by atoms with Crippen LogP contribution in [0.2, 0.25) is 0 Å². The molecule has 0 aliphatic rings. The molecule has 0 bridgehead atoms. The molecule has 0 aliphatic heterocycles. The standard InChI is InChI=1S/C12H19N3/c1-5-11-8-10(4)14-12(15-11)13-7-6-9(2)3/h8H,2,5-7H2,1,3-4H3,(H,13,14,15). The zero-order chi connectivity index (χ0) is 11.3. The number of aromatic nitrogens is 2. The van der Waals surface area contributed by atoms with E-state index in [1.54, 1.807) is 0 Å². The minimum Gasteiger partial charge on any atom is -0.354 e. The van der Waals surface area contributed by atoms with Crippen molar-refractivity contribution in [3.8, 4) is 0 Å². The highest BCUT2D eigenvalue weighted by atomic mass is 15.1. The van der Waals surface area contributed by atoms with Crippen molar-refractivity contribution < 1.29 is 0 Å². The third-order valence-electron chi connectivity index (χ3n) is 2.10. The molecule has 0 radical (unpaired) electrons. The minimum absolute atomic E-state index is 0.730. The van der Waals surface area contributed by atoms with Crippen LogP contribution in [0.3, 0.4) is 0 Å². The van der Waals surface area contributed by atoms with E-state index < -0.39 is 0 Å². The average molecular weight is 205 g/mol. The summed E-state index contributed by atoms with van der Waals surface area (Å²) in [6.07, 6.45) is 1.90. The summed E-state index contributed by atoms with van der Waals surface area (Å²) in [5, 5.41) is 3.21. The lowest BCUT2D eigenvalue weighted by molar-refractivity contribution is 0.932. The highest BCUT2D eigenvalue weighted by Gasteiger charge is 1.99. The fraction of sp³-hybridized carbons (Fsp3) is 0.500. The van der Waals surface area contributed by atoms with Gasteiger partial charge in [-0.3, -0.25) is 0 Å². The molecule has 0 atom stereocenters. The molecule has 0 saturated heterocycles. The van der Waals surface area contributed by atoms with Crippen molar-refractivity contribution in [1.29, 1.82) is 0 Å². The van der Waals surface area contributed by atoms with Crippen LogP contribution in [0.4, 0.5) is 5.95 Å². The van der Waals surface area contributed by atoms with E-state index in [0.717, 1.165) is 36.7 Å². The molecule has 0 unspecified atom stereocenters. The summed E-state index contributed by atoms with van der Waals surface area (Å²) >= 11 is 0. The van der Waals surface area contributed by atoms with Gasteiger partial charge in [0.15, 0.2) is 0 Å². The maximum absolute atomic E-state index is 4.40. The average Bonchev–Trinajstić information content (AvgIpc) is 2.16. The Balaban J connectivity index is 2.60. The molecule has 1 N–H and O–H groups in total. The summed E-state index contributed by atoms with van der Waals surface area (Å²) in [7, 11) is 0. The largest absolute Gasteiger partial charge is 0.354 e. The molecule has 0 aromatic carbocycles. The van der Waals surface area contributed by atoms with Gasteiger partial charge >= 0.3 is 0 Å². The Kier molecular flexibility index (Phi) is 4.28. The molecule has 3 heteroatoms. The monoisotopic (exact) mass is 205 g/mol. The van der Waals surface area contributed by atoms with Crippen LogP contribution in [0.15, 0.2) is 18.2 Å². The lowest BCUT2D eigenvalue weighted by atomic mass is 10.2. The van der Waals surface area contributed by atoms with Gasteiger partial charge < -0.3 is 5.32 Å². The topological polar surface area (TPSA) is 37.8 Å². The summed E-state index contributed by atoms with van der Waals surface area (Å²) in [6.45, 7) is 10.8. The third-order valence-corrected chi connectivity index (χ3v) is 2.10. The first-order valence-corrected chi connectivity index (χ1v) is 5.34. The van der Waals surface area contributed by atoms with Crippen molar-refractivity contribution in [2.24, 2.45) is 0 Å². The predicted molar refractivity (Wildman–Crippen MR) is 64.1 cm³/mol. The summed E-state index contributed by atoms with van der Waals surface area (Å²) in [5.41, 5.74) is 3.27. The lowest BCUT2D eigenvalue weighted by Crippen LogP contribution is -2.07. The SMILES string of the molecule is C=C(C)CCNc1nc(C)cc(CC)n1. The van der Waals surface area contributed by atoms with Gasteiger partial charge in [0.25, 0.3) is 0 Å². The molecule has 0 spiro atoms. The van der Waals surface area contributed by atoms with Crippen molar-refractivity contribution >= 4 is 5.95 Å². The van der Waals surface area contributed by atoms with Crippen molar-refractivity contribution in [3.05, 3.63) is 29.6 Å². The van der Waals surface area contributed by atoms with Crippen molar-refractivity contribution in [2.45, 2.75) is 33.6 Å². The van der Waals surface area contributed by atoms with E-state index in [0.29, 0.717) is 0 Å². The molecule has 0 fully saturated rings. The van der Waals surface area contributed by atoms with Crippen LogP contribution in [0, 0.1) is 6.92 Å². The van der Waals surface area contributed by atoms with E-state index in [1.165, 1.54) is 5.57 Å². The maximum atomic E-state index is 4.40. The number of rotatable bonds is 5. The van der Waals surface area contributed by atoms with Crippen LogP contribution in [0.25, 0.3) is 0 Å². The zero-order valence-electron chi connectivity index (χ0n) is 9.80. The van der Waals surface area contributed by atoms with Crippen LogP contribution in [-0.4, -0.2) is 16.5 Å². The van der Waals surface area contributed by atoms with Gasteiger partial charge in [-0.05, 0) is 32.8 Å². The number of nitrogens with zero attached hydrogens (tertiary/aromatic N) is 2. The highest BCUT2D eigenvalue weighted by molar-refractivity contribution is 5.28. The maximum Gasteiger partial charge on any atom is 0.223 e. The molecule has 1 aromatic heterocycles. The van der Waals surface area contributed by atoms with E-state index >= 15 is 0 Å². The normalized spacial score (nSPS) is 10.1. The Hall–Kier alpha value is -1.38. The molecular formula is C12H19N3. The molecule has 15 heavy (non-hydrogen) atoms. The Morgan fingerprint density at radius 2 is 2.20 bits per heavy atom. The number of hydrogen-bond donors (Lipinski definition) is 1. The van der Waals surface area contributed by atoms with Gasteiger partial charge in [-0.25, -0.2) is 9.97 Å². The van der Waals surface area contributed by atoms with E-state index in [1.807, 2.05) is 19.9 Å². The molecule has 0 amide bonds. The number of anilines is 1. The molecular weight excluding hydrogens is 186 g/mol. The van der Waals surface area contributed by atoms with Gasteiger partial charge in [0.1, 0.15) is 0 Å². The Morgan fingerprint density at radius 1 is 1.47 bits per heavy atom. The second-order valence-electron chi connectivity index (χ2n) is 3.81. The van der Waals surface area contributed by atoms with Gasteiger partial charge in [-0.2, -0.15) is 0 Å². The zero-order valence-corrected chi connectivity index (χ0v) is 9.80. The van der Waals surface area contributed by atoms with Crippen molar-refractivity contribution in [2.75, 3.05) is 11.9 Å². The van der Waals surface area contributed by atoms with Crippen LogP contribution < -0.4 is 5.32 Å². The van der Waals surface area contributed by atoms with Gasteiger partial charge in [-0.1, -0.05) is 12.5 Å². The Labute approximate surface area is 91.7 Å². The first kappa shape index (κ1) is 11.7. The van der Waals surface area contributed by atoms with E-state index in [2.05, 4.69) is 28.8 Å². The van der Waals surface area contributed by atoms with E-state index in [9.17, 15) is 0 Å². The van der Waals surface area contributed by atoms with E-state index in [-0.39, 0.29) is 0 Å². The Bertz CT molecular complexity index is 345. The van der Waals surface area contributed by atoms with Crippen LogP contribution in [0.1, 0.15) is 31.7 Å². The second-order valence-corrected chi connectivity index (χ2v) is 3.81. The fourth-order valence-corrected chi connectivity index (χ4v) is 1.28. The fourth-order valence-electron chi connectivity index (χ4n) is 1.28. The molecule has 1 heterocycles. The van der Waals surface area contributed by atoms with Crippen LogP contribution >= 0.6 is 0 Å². The molecule has 0 aliphatic carbocycles. The van der Waals surface area contributed by atoms with Crippen LogP contribution in [-0.2, 0) is 6.42 Å². The number of nitrogens with one attached hydrogen (secondary N) is 1. The van der Waals surface area contributed by atoms with Crippen LogP contribution in [0.5, 0.6) is 0 Å². The van der Waals surface area contributed by atoms with E-state index in [4.69, 9.17) is 0 Å². The molecule has 1 rings (SSSR count).